The second-order valence-corrected chi connectivity index (χ2v) is 6.80. The molecule has 2 fully saturated rings. The van der Waals surface area contributed by atoms with Crippen LogP contribution in [-0.4, -0.2) is 16.1 Å². The fourth-order valence-electron chi connectivity index (χ4n) is 3.70. The predicted molar refractivity (Wildman–Crippen MR) is 85.5 cm³/mol. The summed E-state index contributed by atoms with van der Waals surface area (Å²) in [6.07, 6.45) is 4.92. The van der Waals surface area contributed by atoms with Gasteiger partial charge in [0.15, 0.2) is 0 Å². The summed E-state index contributed by atoms with van der Waals surface area (Å²) in [5.74, 6) is 2.41. The monoisotopic (exact) mass is 331 g/mol. The van der Waals surface area contributed by atoms with E-state index in [1.165, 1.54) is 25.7 Å². The van der Waals surface area contributed by atoms with Crippen LogP contribution in [0.2, 0.25) is 5.02 Å². The maximum absolute atomic E-state index is 12.2. The molecule has 1 aromatic heterocycles. The Morgan fingerprint density at radius 1 is 1.17 bits per heavy atom. The number of halogens is 1. The number of carbonyl (C=O) groups is 1. The number of nitrogens with zero attached hydrogens (tertiary/aromatic N) is 2. The Hall–Kier alpha value is -1.88. The first-order valence-corrected chi connectivity index (χ1v) is 8.46. The zero-order valence-corrected chi connectivity index (χ0v) is 13.4. The molecule has 1 unspecified atom stereocenters. The molecule has 2 aliphatic rings. The lowest BCUT2D eigenvalue weighted by Gasteiger charge is -2.04. The smallest absolute Gasteiger partial charge is 0.247 e. The van der Waals surface area contributed by atoms with Gasteiger partial charge in [0.2, 0.25) is 17.7 Å². The number of nitrogens with one attached hydrogen (secondary N) is 1. The highest BCUT2D eigenvalue weighted by atomic mass is 35.5. The first-order valence-electron chi connectivity index (χ1n) is 8.08. The molecule has 1 aromatic carbocycles. The van der Waals surface area contributed by atoms with Crippen LogP contribution in [0.5, 0.6) is 0 Å². The third kappa shape index (κ3) is 2.98. The van der Waals surface area contributed by atoms with Gasteiger partial charge in [-0.3, -0.25) is 4.79 Å². The second kappa shape index (κ2) is 5.96. The highest BCUT2D eigenvalue weighted by molar-refractivity contribution is 6.30. The summed E-state index contributed by atoms with van der Waals surface area (Å²) in [5, 5.41) is 11.6. The second-order valence-electron chi connectivity index (χ2n) is 6.36. The zero-order valence-electron chi connectivity index (χ0n) is 12.7. The van der Waals surface area contributed by atoms with Gasteiger partial charge in [0.05, 0.1) is 6.54 Å². The Morgan fingerprint density at radius 2 is 1.87 bits per heavy atom. The number of fused-ring (bicyclic) bond motifs is 1. The van der Waals surface area contributed by atoms with Gasteiger partial charge in [-0.25, -0.2) is 0 Å². The van der Waals surface area contributed by atoms with E-state index < -0.39 is 0 Å². The van der Waals surface area contributed by atoms with E-state index in [-0.39, 0.29) is 18.4 Å². The van der Waals surface area contributed by atoms with E-state index in [1.807, 2.05) is 12.1 Å². The molecule has 0 radical (unpaired) electrons. The Balaban J connectivity index is 1.35. The molecule has 2 saturated carbocycles. The normalized spacial score (nSPS) is 25.7. The Bertz CT molecular complexity index is 701. The van der Waals surface area contributed by atoms with Crippen molar-refractivity contribution in [3.8, 4) is 11.5 Å². The van der Waals surface area contributed by atoms with Crippen molar-refractivity contribution < 1.29 is 9.21 Å². The van der Waals surface area contributed by atoms with E-state index in [9.17, 15) is 4.79 Å². The van der Waals surface area contributed by atoms with Gasteiger partial charge >= 0.3 is 0 Å². The first-order chi connectivity index (χ1) is 11.2. The Morgan fingerprint density at radius 3 is 2.57 bits per heavy atom. The first kappa shape index (κ1) is 14.7. The number of hydrogen-bond donors (Lipinski definition) is 1. The van der Waals surface area contributed by atoms with Crippen molar-refractivity contribution in [2.45, 2.75) is 32.2 Å². The van der Waals surface area contributed by atoms with Crippen molar-refractivity contribution in [2.75, 3.05) is 0 Å². The topological polar surface area (TPSA) is 68.0 Å². The van der Waals surface area contributed by atoms with Crippen LogP contribution in [0.15, 0.2) is 28.7 Å². The molecule has 5 nitrogen and oxygen atoms in total. The maximum Gasteiger partial charge on any atom is 0.247 e. The number of carbonyl (C=O) groups excluding carboxylic acids is 1. The summed E-state index contributed by atoms with van der Waals surface area (Å²) < 4.78 is 5.60. The molecule has 1 amide bonds. The molecule has 1 heterocycles. The molecule has 2 aliphatic carbocycles. The van der Waals surface area contributed by atoms with Crippen LogP contribution in [0.25, 0.3) is 11.5 Å². The Kier molecular flexibility index (Phi) is 3.81. The van der Waals surface area contributed by atoms with E-state index >= 15 is 0 Å². The largest absolute Gasteiger partial charge is 0.419 e. The minimum absolute atomic E-state index is 0.133. The van der Waals surface area contributed by atoms with Gasteiger partial charge in [-0.15, -0.1) is 10.2 Å². The third-order valence-electron chi connectivity index (χ3n) is 4.93. The van der Waals surface area contributed by atoms with Crippen LogP contribution in [0, 0.1) is 17.8 Å². The van der Waals surface area contributed by atoms with Crippen molar-refractivity contribution in [3.63, 3.8) is 0 Å². The number of benzene rings is 1. The third-order valence-corrected chi connectivity index (χ3v) is 5.18. The molecule has 0 saturated heterocycles. The van der Waals surface area contributed by atoms with Crippen LogP contribution in [0.4, 0.5) is 0 Å². The maximum atomic E-state index is 12.2. The molecule has 6 heteroatoms. The lowest BCUT2D eigenvalue weighted by molar-refractivity contribution is -0.123. The molecular weight excluding hydrogens is 314 g/mol. The molecule has 3 atom stereocenters. The van der Waals surface area contributed by atoms with Gasteiger partial charge in [0, 0.05) is 16.5 Å². The standard InChI is InChI=1S/C17H18ClN3O2/c18-11-7-5-10(6-8-11)17-21-20-14(23-17)9-19-16(22)15-12-3-1-2-4-13(12)15/h5-8,12-13,15H,1-4,9H2,(H,19,22)/t12-,13+,15?. The summed E-state index contributed by atoms with van der Waals surface area (Å²) in [5.41, 5.74) is 0.813. The Labute approximate surface area is 139 Å². The average Bonchev–Trinajstić information content (AvgIpc) is 3.12. The van der Waals surface area contributed by atoms with Gasteiger partial charge in [0.1, 0.15) is 0 Å². The minimum atomic E-state index is 0.133. The van der Waals surface area contributed by atoms with Crippen molar-refractivity contribution in [3.05, 3.63) is 35.2 Å². The van der Waals surface area contributed by atoms with Crippen LogP contribution in [0.3, 0.4) is 0 Å². The van der Waals surface area contributed by atoms with E-state index in [0.29, 0.717) is 28.6 Å². The molecule has 0 spiro atoms. The van der Waals surface area contributed by atoms with Gasteiger partial charge in [0.25, 0.3) is 0 Å². The number of rotatable bonds is 4. The predicted octanol–water partition coefficient (Wildman–Crippen LogP) is 3.44. The van der Waals surface area contributed by atoms with E-state index in [4.69, 9.17) is 16.0 Å². The molecule has 120 valence electrons. The van der Waals surface area contributed by atoms with E-state index in [2.05, 4.69) is 15.5 Å². The molecule has 0 aliphatic heterocycles. The van der Waals surface area contributed by atoms with Crippen molar-refractivity contribution in [1.29, 1.82) is 0 Å². The molecule has 2 aromatic rings. The molecule has 1 N–H and O–H groups in total. The number of aromatic nitrogens is 2. The van der Waals surface area contributed by atoms with Crippen LogP contribution in [-0.2, 0) is 11.3 Å². The van der Waals surface area contributed by atoms with Gasteiger partial charge in [-0.2, -0.15) is 0 Å². The quantitative estimate of drug-likeness (QED) is 0.931. The lowest BCUT2D eigenvalue weighted by atomic mass is 10.0. The van der Waals surface area contributed by atoms with Gasteiger partial charge in [-0.1, -0.05) is 24.4 Å². The summed E-state index contributed by atoms with van der Waals surface area (Å²) >= 11 is 5.86. The van der Waals surface area contributed by atoms with E-state index in [1.54, 1.807) is 12.1 Å². The molecular formula is C17H18ClN3O2. The lowest BCUT2D eigenvalue weighted by Crippen LogP contribution is -2.25. The summed E-state index contributed by atoms with van der Waals surface area (Å²) in [6, 6.07) is 7.20. The van der Waals surface area contributed by atoms with Crippen LogP contribution in [0.1, 0.15) is 31.6 Å². The van der Waals surface area contributed by atoms with Crippen molar-refractivity contribution in [2.24, 2.45) is 17.8 Å². The fraction of sp³-hybridized carbons (Fsp3) is 0.471. The molecule has 0 bridgehead atoms. The van der Waals surface area contributed by atoms with Gasteiger partial charge in [-0.05, 0) is 48.9 Å². The summed E-state index contributed by atoms with van der Waals surface area (Å²) in [6.45, 7) is 0.287. The number of hydrogen-bond acceptors (Lipinski definition) is 4. The van der Waals surface area contributed by atoms with E-state index in [0.717, 1.165) is 5.56 Å². The highest BCUT2D eigenvalue weighted by Gasteiger charge is 2.54. The summed E-state index contributed by atoms with van der Waals surface area (Å²) in [7, 11) is 0. The van der Waals surface area contributed by atoms with Crippen molar-refractivity contribution in [1.82, 2.24) is 15.5 Å². The molecule has 23 heavy (non-hydrogen) atoms. The van der Waals surface area contributed by atoms with Crippen LogP contribution < -0.4 is 5.32 Å². The summed E-state index contributed by atoms with van der Waals surface area (Å²) in [4.78, 5) is 12.2. The zero-order chi connectivity index (χ0) is 15.8. The van der Waals surface area contributed by atoms with Crippen molar-refractivity contribution >= 4 is 17.5 Å². The highest BCUT2D eigenvalue weighted by Crippen LogP contribution is 2.55. The van der Waals surface area contributed by atoms with Crippen LogP contribution >= 0.6 is 11.6 Å². The van der Waals surface area contributed by atoms with Gasteiger partial charge < -0.3 is 9.73 Å². The average molecular weight is 332 g/mol. The SMILES string of the molecule is O=C(NCc1nnc(-c2ccc(Cl)cc2)o1)C1[C@H]2CCCC[C@@H]12. The minimum Gasteiger partial charge on any atom is -0.419 e. The number of amides is 1. The molecule has 4 rings (SSSR count). The fourth-order valence-corrected chi connectivity index (χ4v) is 3.82.